The maximum atomic E-state index is 11.2. The summed E-state index contributed by atoms with van der Waals surface area (Å²) in [6.07, 6.45) is 0. The average molecular weight is 281 g/mol. The SMILES string of the molecule is COC(=O)c1ccc(-c2ccc(Br)o2)cc1. The second kappa shape index (κ2) is 4.53. The van der Waals surface area contributed by atoms with Crippen LogP contribution < -0.4 is 0 Å². The van der Waals surface area contributed by atoms with E-state index < -0.39 is 0 Å². The van der Waals surface area contributed by atoms with E-state index in [1.54, 1.807) is 12.1 Å². The van der Waals surface area contributed by atoms with Crippen molar-refractivity contribution < 1.29 is 13.9 Å². The molecule has 0 bridgehead atoms. The van der Waals surface area contributed by atoms with Crippen LogP contribution in [-0.4, -0.2) is 13.1 Å². The Kier molecular flexibility index (Phi) is 3.10. The summed E-state index contributed by atoms with van der Waals surface area (Å²) >= 11 is 3.24. The van der Waals surface area contributed by atoms with E-state index in [2.05, 4.69) is 20.7 Å². The second-order valence-electron chi connectivity index (χ2n) is 3.17. The zero-order chi connectivity index (χ0) is 11.5. The normalized spacial score (nSPS) is 10.1. The molecule has 1 aromatic heterocycles. The summed E-state index contributed by atoms with van der Waals surface area (Å²) < 4.78 is 10.7. The van der Waals surface area contributed by atoms with E-state index in [1.807, 2.05) is 24.3 Å². The number of hydrogen-bond acceptors (Lipinski definition) is 3. The summed E-state index contributed by atoms with van der Waals surface area (Å²) in [5.74, 6) is 0.412. The van der Waals surface area contributed by atoms with Crippen molar-refractivity contribution in [2.75, 3.05) is 7.11 Å². The van der Waals surface area contributed by atoms with Gasteiger partial charge in [0.1, 0.15) is 5.76 Å². The lowest BCUT2D eigenvalue weighted by molar-refractivity contribution is 0.0601. The molecule has 0 aliphatic carbocycles. The highest BCUT2D eigenvalue weighted by molar-refractivity contribution is 9.10. The number of carbonyl (C=O) groups excluding carboxylic acids is 1. The number of carbonyl (C=O) groups is 1. The molecule has 0 unspecified atom stereocenters. The predicted octanol–water partition coefficient (Wildman–Crippen LogP) is 3.50. The number of esters is 1. The first kappa shape index (κ1) is 11.0. The van der Waals surface area contributed by atoms with Crippen LogP contribution >= 0.6 is 15.9 Å². The fraction of sp³-hybridized carbons (Fsp3) is 0.0833. The number of halogens is 1. The Morgan fingerprint density at radius 1 is 1.19 bits per heavy atom. The molecule has 1 aromatic carbocycles. The molecule has 82 valence electrons. The molecule has 0 atom stereocenters. The summed E-state index contributed by atoms with van der Waals surface area (Å²) in [4.78, 5) is 11.2. The lowest BCUT2D eigenvalue weighted by atomic mass is 10.1. The molecule has 2 rings (SSSR count). The topological polar surface area (TPSA) is 39.4 Å². The third kappa shape index (κ3) is 2.17. The van der Waals surface area contributed by atoms with Crippen molar-refractivity contribution >= 4 is 21.9 Å². The van der Waals surface area contributed by atoms with Gasteiger partial charge in [0.05, 0.1) is 12.7 Å². The smallest absolute Gasteiger partial charge is 0.337 e. The molecule has 2 aromatic rings. The zero-order valence-electron chi connectivity index (χ0n) is 8.57. The molecule has 0 aliphatic rings. The predicted molar refractivity (Wildman–Crippen MR) is 63.2 cm³/mol. The van der Waals surface area contributed by atoms with Gasteiger partial charge in [0.15, 0.2) is 4.67 Å². The van der Waals surface area contributed by atoms with Crippen molar-refractivity contribution in [3.05, 3.63) is 46.6 Å². The average Bonchev–Trinajstić information content (AvgIpc) is 2.75. The first-order chi connectivity index (χ1) is 7.70. The van der Waals surface area contributed by atoms with Gasteiger partial charge in [-0.25, -0.2) is 4.79 Å². The second-order valence-corrected chi connectivity index (χ2v) is 3.95. The maximum absolute atomic E-state index is 11.2. The summed E-state index contributed by atoms with van der Waals surface area (Å²) in [5.41, 5.74) is 1.44. The van der Waals surface area contributed by atoms with Gasteiger partial charge >= 0.3 is 5.97 Å². The lowest BCUT2D eigenvalue weighted by Gasteiger charge is -2.00. The van der Waals surface area contributed by atoms with E-state index in [0.29, 0.717) is 10.2 Å². The summed E-state index contributed by atoms with van der Waals surface area (Å²) in [6.45, 7) is 0. The molecule has 4 heteroatoms. The third-order valence-corrected chi connectivity index (χ3v) is 2.59. The highest BCUT2D eigenvalue weighted by Crippen LogP contribution is 2.25. The van der Waals surface area contributed by atoms with E-state index >= 15 is 0 Å². The maximum Gasteiger partial charge on any atom is 0.337 e. The van der Waals surface area contributed by atoms with Crippen molar-refractivity contribution in [2.45, 2.75) is 0 Å². The van der Waals surface area contributed by atoms with Crippen LogP contribution in [0.1, 0.15) is 10.4 Å². The van der Waals surface area contributed by atoms with E-state index in [-0.39, 0.29) is 5.97 Å². The van der Waals surface area contributed by atoms with Crippen molar-refractivity contribution in [3.63, 3.8) is 0 Å². The molecule has 0 amide bonds. The molecule has 1 heterocycles. The van der Waals surface area contributed by atoms with Crippen molar-refractivity contribution in [1.82, 2.24) is 0 Å². The van der Waals surface area contributed by atoms with Crippen LogP contribution in [0.15, 0.2) is 45.5 Å². The highest BCUT2D eigenvalue weighted by atomic mass is 79.9. The Morgan fingerprint density at radius 3 is 2.38 bits per heavy atom. The number of furan rings is 1. The minimum atomic E-state index is -0.341. The summed E-state index contributed by atoms with van der Waals surface area (Å²) in [7, 11) is 1.36. The Morgan fingerprint density at radius 2 is 1.88 bits per heavy atom. The Hall–Kier alpha value is -1.55. The molecule has 16 heavy (non-hydrogen) atoms. The fourth-order valence-electron chi connectivity index (χ4n) is 1.36. The van der Waals surface area contributed by atoms with Crippen molar-refractivity contribution in [1.29, 1.82) is 0 Å². The van der Waals surface area contributed by atoms with Gasteiger partial charge in [-0.15, -0.1) is 0 Å². The van der Waals surface area contributed by atoms with Gasteiger partial charge in [-0.2, -0.15) is 0 Å². The van der Waals surface area contributed by atoms with Gasteiger partial charge in [0.2, 0.25) is 0 Å². The fourth-order valence-corrected chi connectivity index (χ4v) is 1.66. The monoisotopic (exact) mass is 280 g/mol. The molecule has 0 fully saturated rings. The molecule has 0 saturated carbocycles. The Labute approximate surface area is 101 Å². The van der Waals surface area contributed by atoms with Gasteiger partial charge in [-0.3, -0.25) is 0 Å². The summed E-state index contributed by atoms with van der Waals surface area (Å²) in [5, 5.41) is 0. The van der Waals surface area contributed by atoms with Crippen LogP contribution in [0.25, 0.3) is 11.3 Å². The van der Waals surface area contributed by atoms with E-state index in [4.69, 9.17) is 4.42 Å². The zero-order valence-corrected chi connectivity index (χ0v) is 10.2. The molecule has 0 saturated heterocycles. The molecular formula is C12H9BrO3. The number of hydrogen-bond donors (Lipinski definition) is 0. The number of ether oxygens (including phenoxy) is 1. The minimum absolute atomic E-state index is 0.341. The Balaban J connectivity index is 2.29. The molecule has 0 aliphatic heterocycles. The lowest BCUT2D eigenvalue weighted by Crippen LogP contribution is -2.00. The van der Waals surface area contributed by atoms with Gasteiger partial charge < -0.3 is 9.15 Å². The van der Waals surface area contributed by atoms with Crippen molar-refractivity contribution in [3.8, 4) is 11.3 Å². The first-order valence-corrected chi connectivity index (χ1v) is 5.44. The third-order valence-electron chi connectivity index (χ3n) is 2.16. The first-order valence-electron chi connectivity index (χ1n) is 4.65. The standard InChI is InChI=1S/C12H9BrO3/c1-15-12(14)9-4-2-8(3-5-9)10-6-7-11(13)16-10/h2-7H,1H3. The Bertz CT molecular complexity index is 499. The number of benzene rings is 1. The van der Waals surface area contributed by atoms with Crippen LogP contribution in [0, 0.1) is 0 Å². The molecule has 0 N–H and O–H groups in total. The summed E-state index contributed by atoms with van der Waals surface area (Å²) in [6, 6.07) is 10.7. The molecular weight excluding hydrogens is 272 g/mol. The van der Waals surface area contributed by atoms with Crippen LogP contribution in [0.3, 0.4) is 0 Å². The molecule has 0 radical (unpaired) electrons. The molecule has 3 nitrogen and oxygen atoms in total. The quantitative estimate of drug-likeness (QED) is 0.791. The minimum Gasteiger partial charge on any atom is -0.465 e. The van der Waals surface area contributed by atoms with E-state index in [0.717, 1.165) is 11.3 Å². The highest BCUT2D eigenvalue weighted by Gasteiger charge is 2.07. The number of rotatable bonds is 2. The van der Waals surface area contributed by atoms with Gasteiger partial charge in [0, 0.05) is 5.56 Å². The van der Waals surface area contributed by atoms with Gasteiger partial charge in [0.25, 0.3) is 0 Å². The van der Waals surface area contributed by atoms with Crippen molar-refractivity contribution in [2.24, 2.45) is 0 Å². The largest absolute Gasteiger partial charge is 0.465 e. The van der Waals surface area contributed by atoms with E-state index in [1.165, 1.54) is 7.11 Å². The molecule has 0 spiro atoms. The van der Waals surface area contributed by atoms with Crippen LogP contribution in [0.4, 0.5) is 0 Å². The van der Waals surface area contributed by atoms with Crippen LogP contribution in [0.5, 0.6) is 0 Å². The van der Waals surface area contributed by atoms with E-state index in [9.17, 15) is 4.79 Å². The van der Waals surface area contributed by atoms with Crippen LogP contribution in [-0.2, 0) is 4.74 Å². The van der Waals surface area contributed by atoms with Crippen LogP contribution in [0.2, 0.25) is 0 Å². The van der Waals surface area contributed by atoms with Gasteiger partial charge in [-0.05, 0) is 40.2 Å². The van der Waals surface area contributed by atoms with Gasteiger partial charge in [-0.1, -0.05) is 12.1 Å². The number of methoxy groups -OCH3 is 1.